The van der Waals surface area contributed by atoms with Gasteiger partial charge in [-0.1, -0.05) is 15.9 Å². The zero-order chi connectivity index (χ0) is 13.8. The van der Waals surface area contributed by atoms with E-state index in [2.05, 4.69) is 20.7 Å². The second-order valence-electron chi connectivity index (χ2n) is 3.41. The van der Waals surface area contributed by atoms with Crippen molar-refractivity contribution < 1.29 is 13.3 Å². The number of benzene rings is 1. The summed E-state index contributed by atoms with van der Waals surface area (Å²) in [6.07, 6.45) is 0.462. The summed E-state index contributed by atoms with van der Waals surface area (Å²) < 4.78 is 26.4. The van der Waals surface area contributed by atoms with E-state index >= 15 is 0 Å². The van der Waals surface area contributed by atoms with Gasteiger partial charge in [-0.15, -0.1) is 12.4 Å². The number of nitrogens with two attached hydrogens (primary N) is 1. The molecule has 1 aromatic carbocycles. The first-order valence-corrected chi connectivity index (χ1v) is 7.30. The third-order valence-corrected chi connectivity index (χ3v) is 4.08. The number of nitrogens with zero attached hydrogens (tertiary/aromatic N) is 1. The van der Waals surface area contributed by atoms with Gasteiger partial charge in [-0.05, 0) is 25.1 Å². The van der Waals surface area contributed by atoms with Crippen LogP contribution in [-0.2, 0) is 10.0 Å². The Kier molecular flexibility index (Phi) is 7.45. The highest BCUT2D eigenvalue weighted by Crippen LogP contribution is 2.27. The van der Waals surface area contributed by atoms with E-state index in [9.17, 15) is 18.5 Å². The van der Waals surface area contributed by atoms with Crippen molar-refractivity contribution >= 4 is 44.0 Å². The van der Waals surface area contributed by atoms with E-state index in [1.807, 2.05) is 0 Å². The van der Waals surface area contributed by atoms with Gasteiger partial charge in [0, 0.05) is 17.1 Å². The molecular weight excluding hydrogens is 362 g/mol. The Morgan fingerprint density at radius 2 is 2.05 bits per heavy atom. The lowest BCUT2D eigenvalue weighted by atomic mass is 10.3. The number of rotatable bonds is 6. The van der Waals surface area contributed by atoms with Crippen LogP contribution in [0, 0.1) is 10.1 Å². The normalized spacial score (nSPS) is 10.8. The van der Waals surface area contributed by atoms with Crippen LogP contribution in [0.4, 0.5) is 5.69 Å². The van der Waals surface area contributed by atoms with Gasteiger partial charge in [-0.3, -0.25) is 10.1 Å². The van der Waals surface area contributed by atoms with Crippen molar-refractivity contribution in [3.05, 3.63) is 32.8 Å². The average molecular weight is 375 g/mol. The molecule has 0 fully saturated rings. The molecule has 1 aromatic rings. The molecule has 1 rings (SSSR count). The molecule has 7 nitrogen and oxygen atoms in total. The molecular formula is C9H13BrClN3O4S. The molecule has 10 heteroatoms. The minimum atomic E-state index is -3.89. The van der Waals surface area contributed by atoms with Crippen LogP contribution in [-0.4, -0.2) is 26.4 Å². The minimum Gasteiger partial charge on any atom is -0.330 e. The maximum absolute atomic E-state index is 11.9. The highest BCUT2D eigenvalue weighted by Gasteiger charge is 2.25. The Morgan fingerprint density at radius 1 is 1.42 bits per heavy atom. The largest absolute Gasteiger partial charge is 0.330 e. The van der Waals surface area contributed by atoms with E-state index in [4.69, 9.17) is 5.73 Å². The van der Waals surface area contributed by atoms with Crippen LogP contribution in [0.3, 0.4) is 0 Å². The number of nitrogens with one attached hydrogen (secondary N) is 1. The summed E-state index contributed by atoms with van der Waals surface area (Å²) in [5.41, 5.74) is 4.78. The fourth-order valence-corrected chi connectivity index (χ4v) is 2.82. The van der Waals surface area contributed by atoms with Crippen LogP contribution in [0.1, 0.15) is 6.42 Å². The molecule has 0 aromatic heterocycles. The van der Waals surface area contributed by atoms with E-state index in [-0.39, 0.29) is 23.8 Å². The molecule has 0 bridgehead atoms. The van der Waals surface area contributed by atoms with Crippen molar-refractivity contribution in [1.29, 1.82) is 0 Å². The maximum Gasteiger partial charge on any atom is 0.290 e. The lowest BCUT2D eigenvalue weighted by Gasteiger charge is -2.06. The third kappa shape index (κ3) is 5.03. The van der Waals surface area contributed by atoms with Crippen LogP contribution < -0.4 is 10.5 Å². The Balaban J connectivity index is 0.00000324. The molecule has 3 N–H and O–H groups in total. The molecule has 0 radical (unpaired) electrons. The lowest BCUT2D eigenvalue weighted by molar-refractivity contribution is -0.387. The summed E-state index contributed by atoms with van der Waals surface area (Å²) in [7, 11) is -3.89. The van der Waals surface area contributed by atoms with E-state index in [0.717, 1.165) is 6.07 Å². The molecule has 0 amide bonds. The highest BCUT2D eigenvalue weighted by atomic mass is 79.9. The predicted octanol–water partition coefficient (Wildman–Crippen LogP) is 1.41. The van der Waals surface area contributed by atoms with Gasteiger partial charge in [0.05, 0.1) is 4.92 Å². The van der Waals surface area contributed by atoms with E-state index in [1.54, 1.807) is 0 Å². The van der Waals surface area contributed by atoms with Crippen molar-refractivity contribution in [3.8, 4) is 0 Å². The number of hydrogen-bond donors (Lipinski definition) is 2. The molecule has 108 valence electrons. The van der Waals surface area contributed by atoms with Crippen molar-refractivity contribution in [2.24, 2.45) is 5.73 Å². The molecule has 0 spiro atoms. The number of sulfonamides is 1. The fourth-order valence-electron chi connectivity index (χ4n) is 1.25. The maximum atomic E-state index is 11.9. The molecule has 0 aliphatic carbocycles. The number of hydrogen-bond acceptors (Lipinski definition) is 5. The Labute approximate surface area is 125 Å². The summed E-state index contributed by atoms with van der Waals surface area (Å²) in [4.78, 5) is 9.74. The molecule has 0 atom stereocenters. The van der Waals surface area contributed by atoms with Crippen LogP contribution >= 0.6 is 28.3 Å². The van der Waals surface area contributed by atoms with Gasteiger partial charge in [0.1, 0.15) is 0 Å². The van der Waals surface area contributed by atoms with Gasteiger partial charge in [-0.25, -0.2) is 13.1 Å². The van der Waals surface area contributed by atoms with Crippen molar-refractivity contribution in [2.45, 2.75) is 11.3 Å². The average Bonchev–Trinajstić information content (AvgIpc) is 2.28. The summed E-state index contributed by atoms with van der Waals surface area (Å²) in [6.45, 7) is 0.483. The molecule has 0 saturated heterocycles. The Bertz CT molecular complexity index is 552. The molecule has 0 aliphatic heterocycles. The zero-order valence-electron chi connectivity index (χ0n) is 9.71. The quantitative estimate of drug-likeness (QED) is 0.444. The number of halogens is 2. The van der Waals surface area contributed by atoms with E-state index < -0.39 is 20.6 Å². The standard InChI is InChI=1S/C9H12BrN3O4S.ClH/c10-7-2-3-9(8(6-7)13(14)15)18(16,17)12-5-1-4-11;/h2-3,6,12H,1,4-5,11H2;1H. The van der Waals surface area contributed by atoms with Crippen LogP contribution in [0.25, 0.3) is 0 Å². The van der Waals surface area contributed by atoms with Gasteiger partial charge in [0.15, 0.2) is 4.90 Å². The first-order valence-electron chi connectivity index (χ1n) is 5.02. The monoisotopic (exact) mass is 373 g/mol. The van der Waals surface area contributed by atoms with Crippen molar-refractivity contribution in [3.63, 3.8) is 0 Å². The van der Waals surface area contributed by atoms with Gasteiger partial charge < -0.3 is 5.73 Å². The predicted molar refractivity (Wildman–Crippen MR) is 76.9 cm³/mol. The summed E-state index contributed by atoms with van der Waals surface area (Å²) in [5, 5.41) is 10.8. The smallest absolute Gasteiger partial charge is 0.290 e. The highest BCUT2D eigenvalue weighted by molar-refractivity contribution is 9.10. The first kappa shape index (κ1) is 18.3. The van der Waals surface area contributed by atoms with Crippen LogP contribution in [0.15, 0.2) is 27.6 Å². The lowest BCUT2D eigenvalue weighted by Crippen LogP contribution is -2.26. The molecule has 0 heterocycles. The topological polar surface area (TPSA) is 115 Å². The molecule has 19 heavy (non-hydrogen) atoms. The summed E-state index contributed by atoms with van der Waals surface area (Å²) >= 11 is 3.06. The van der Waals surface area contributed by atoms with Crippen molar-refractivity contribution in [1.82, 2.24) is 4.72 Å². The van der Waals surface area contributed by atoms with E-state index in [1.165, 1.54) is 12.1 Å². The summed E-state index contributed by atoms with van der Waals surface area (Å²) in [5.74, 6) is 0. The second kappa shape index (κ2) is 7.75. The van der Waals surface area contributed by atoms with E-state index in [0.29, 0.717) is 17.4 Å². The molecule has 0 aliphatic rings. The SMILES string of the molecule is Cl.NCCCNS(=O)(=O)c1ccc(Br)cc1[N+](=O)[O-]. The number of nitro groups is 1. The zero-order valence-corrected chi connectivity index (χ0v) is 12.9. The third-order valence-electron chi connectivity index (χ3n) is 2.08. The minimum absolute atomic E-state index is 0. The van der Waals surface area contributed by atoms with Crippen LogP contribution in [0.5, 0.6) is 0 Å². The Morgan fingerprint density at radius 3 is 2.58 bits per heavy atom. The number of nitro benzene ring substituents is 1. The van der Waals surface area contributed by atoms with Gasteiger partial charge in [0.25, 0.3) is 5.69 Å². The van der Waals surface area contributed by atoms with Crippen LogP contribution in [0.2, 0.25) is 0 Å². The first-order chi connectivity index (χ1) is 8.38. The van der Waals surface area contributed by atoms with Gasteiger partial charge in [0.2, 0.25) is 10.0 Å². The van der Waals surface area contributed by atoms with Crippen molar-refractivity contribution in [2.75, 3.05) is 13.1 Å². The summed E-state index contributed by atoms with van der Waals surface area (Å²) in [6, 6.07) is 3.77. The fraction of sp³-hybridized carbons (Fsp3) is 0.333. The van der Waals surface area contributed by atoms with Gasteiger partial charge >= 0.3 is 0 Å². The van der Waals surface area contributed by atoms with Gasteiger partial charge in [-0.2, -0.15) is 0 Å². The Hall–Kier alpha value is -0.740. The second-order valence-corrected chi connectivity index (χ2v) is 6.06. The molecule has 0 unspecified atom stereocenters. The molecule has 0 saturated carbocycles.